The van der Waals surface area contributed by atoms with Crippen molar-refractivity contribution in [3.8, 4) is 11.5 Å². The molecule has 2 aromatic carbocycles. The first-order valence-electron chi connectivity index (χ1n) is 7.36. The van der Waals surface area contributed by atoms with Crippen LogP contribution in [0.3, 0.4) is 0 Å². The molecule has 0 radical (unpaired) electrons. The van der Waals surface area contributed by atoms with E-state index in [0.717, 1.165) is 28.2 Å². The normalized spacial score (nSPS) is 10.6. The van der Waals surface area contributed by atoms with E-state index in [9.17, 15) is 4.79 Å². The Morgan fingerprint density at radius 1 is 1.09 bits per heavy atom. The van der Waals surface area contributed by atoms with Gasteiger partial charge in [-0.25, -0.2) is 0 Å². The number of carbonyl (C=O) groups is 1. The highest BCUT2D eigenvalue weighted by atomic mass is 16.5. The van der Waals surface area contributed by atoms with Gasteiger partial charge in [0.25, 0.3) is 0 Å². The number of hydrogen-bond acceptors (Lipinski definition) is 3. The molecule has 1 N–H and O–H groups in total. The van der Waals surface area contributed by atoms with E-state index in [1.807, 2.05) is 49.4 Å². The molecule has 0 aliphatic carbocycles. The average Bonchev–Trinajstić information content (AvgIpc) is 2.58. The summed E-state index contributed by atoms with van der Waals surface area (Å²) in [5.41, 5.74) is 3.01. The van der Waals surface area contributed by atoms with Gasteiger partial charge < -0.3 is 14.8 Å². The van der Waals surface area contributed by atoms with E-state index in [0.29, 0.717) is 6.54 Å². The summed E-state index contributed by atoms with van der Waals surface area (Å²) in [5.74, 6) is 1.39. The Labute approximate surface area is 136 Å². The zero-order valence-electron chi connectivity index (χ0n) is 13.6. The van der Waals surface area contributed by atoms with E-state index in [1.54, 1.807) is 20.3 Å². The van der Waals surface area contributed by atoms with Crippen molar-refractivity contribution in [1.82, 2.24) is 5.32 Å². The van der Waals surface area contributed by atoms with E-state index < -0.39 is 0 Å². The summed E-state index contributed by atoms with van der Waals surface area (Å²) in [4.78, 5) is 11.9. The Hall–Kier alpha value is -2.75. The molecule has 120 valence electrons. The van der Waals surface area contributed by atoms with Gasteiger partial charge in [-0.2, -0.15) is 0 Å². The Kier molecular flexibility index (Phi) is 5.80. The molecule has 0 spiro atoms. The van der Waals surface area contributed by atoms with Crippen molar-refractivity contribution in [2.45, 2.75) is 13.5 Å². The molecular weight excluding hydrogens is 290 g/mol. The first-order valence-corrected chi connectivity index (χ1v) is 7.36. The van der Waals surface area contributed by atoms with Crippen LogP contribution in [-0.4, -0.2) is 20.1 Å². The molecule has 0 saturated carbocycles. The van der Waals surface area contributed by atoms with Gasteiger partial charge in [0.15, 0.2) is 0 Å². The molecule has 4 heteroatoms. The average molecular weight is 311 g/mol. The summed E-state index contributed by atoms with van der Waals surface area (Å²) >= 11 is 0. The van der Waals surface area contributed by atoms with Crippen LogP contribution in [-0.2, 0) is 11.3 Å². The summed E-state index contributed by atoms with van der Waals surface area (Å²) in [6, 6.07) is 13.4. The number of aryl methyl sites for hydroxylation is 1. The zero-order chi connectivity index (χ0) is 16.7. The minimum atomic E-state index is -0.149. The van der Waals surface area contributed by atoms with Gasteiger partial charge in [0.1, 0.15) is 11.5 Å². The maximum absolute atomic E-state index is 11.9. The van der Waals surface area contributed by atoms with Crippen molar-refractivity contribution in [2.24, 2.45) is 0 Å². The van der Waals surface area contributed by atoms with Crippen molar-refractivity contribution in [3.63, 3.8) is 0 Å². The molecule has 0 heterocycles. The van der Waals surface area contributed by atoms with Crippen molar-refractivity contribution >= 4 is 12.0 Å². The lowest BCUT2D eigenvalue weighted by Gasteiger charge is -2.06. The van der Waals surface area contributed by atoms with Crippen molar-refractivity contribution in [1.29, 1.82) is 0 Å². The van der Waals surface area contributed by atoms with Crippen molar-refractivity contribution in [3.05, 3.63) is 65.2 Å². The molecule has 23 heavy (non-hydrogen) atoms. The molecule has 2 aromatic rings. The standard InChI is InChI=1S/C19H21NO3/c1-14-4-10-18(23-3)16(12-14)7-11-19(21)20-13-15-5-8-17(22-2)9-6-15/h4-12H,13H2,1-3H3,(H,20,21)/b11-7+. The number of ether oxygens (including phenoxy) is 2. The summed E-state index contributed by atoms with van der Waals surface area (Å²) in [6.45, 7) is 2.47. The molecule has 2 rings (SSSR count). The van der Waals surface area contributed by atoms with Gasteiger partial charge in [0.05, 0.1) is 14.2 Å². The smallest absolute Gasteiger partial charge is 0.244 e. The van der Waals surface area contributed by atoms with Crippen LogP contribution in [0.2, 0.25) is 0 Å². The maximum Gasteiger partial charge on any atom is 0.244 e. The Balaban J connectivity index is 1.95. The molecule has 0 unspecified atom stereocenters. The highest BCUT2D eigenvalue weighted by molar-refractivity contribution is 5.92. The summed E-state index contributed by atoms with van der Waals surface area (Å²) in [6.07, 6.45) is 3.27. The highest BCUT2D eigenvalue weighted by Gasteiger charge is 2.01. The number of hydrogen-bond donors (Lipinski definition) is 1. The number of benzene rings is 2. The molecule has 0 atom stereocenters. The predicted molar refractivity (Wildman–Crippen MR) is 91.6 cm³/mol. The third-order valence-corrected chi connectivity index (χ3v) is 3.43. The number of amides is 1. The lowest BCUT2D eigenvalue weighted by atomic mass is 10.1. The van der Waals surface area contributed by atoms with Crippen LogP contribution < -0.4 is 14.8 Å². The van der Waals surface area contributed by atoms with Crippen LogP contribution in [0.4, 0.5) is 0 Å². The summed E-state index contributed by atoms with van der Waals surface area (Å²) < 4.78 is 10.4. The lowest BCUT2D eigenvalue weighted by molar-refractivity contribution is -0.116. The fourth-order valence-corrected chi connectivity index (χ4v) is 2.14. The molecule has 0 aromatic heterocycles. The molecule has 0 saturated heterocycles. The topological polar surface area (TPSA) is 47.6 Å². The lowest BCUT2D eigenvalue weighted by Crippen LogP contribution is -2.20. The van der Waals surface area contributed by atoms with Crippen molar-refractivity contribution in [2.75, 3.05) is 14.2 Å². The Morgan fingerprint density at radius 3 is 2.48 bits per heavy atom. The van der Waals surface area contributed by atoms with E-state index in [2.05, 4.69) is 5.32 Å². The minimum Gasteiger partial charge on any atom is -0.497 e. The minimum absolute atomic E-state index is 0.149. The first kappa shape index (κ1) is 16.6. The fourth-order valence-electron chi connectivity index (χ4n) is 2.14. The van der Waals surface area contributed by atoms with Gasteiger partial charge in [-0.3, -0.25) is 4.79 Å². The third kappa shape index (κ3) is 4.88. The Bertz CT molecular complexity index is 690. The molecule has 4 nitrogen and oxygen atoms in total. The predicted octanol–water partition coefficient (Wildman–Crippen LogP) is 3.34. The van der Waals surface area contributed by atoms with Crippen LogP contribution in [0.25, 0.3) is 6.08 Å². The second kappa shape index (κ2) is 8.03. The van der Waals surface area contributed by atoms with Gasteiger partial charge in [0.2, 0.25) is 5.91 Å². The highest BCUT2D eigenvalue weighted by Crippen LogP contribution is 2.20. The van der Waals surface area contributed by atoms with Crippen LogP contribution >= 0.6 is 0 Å². The summed E-state index contributed by atoms with van der Waals surface area (Å²) in [7, 11) is 3.24. The van der Waals surface area contributed by atoms with E-state index in [-0.39, 0.29) is 5.91 Å². The molecule has 0 aliphatic rings. The number of methoxy groups -OCH3 is 2. The second-order valence-electron chi connectivity index (χ2n) is 5.14. The van der Waals surface area contributed by atoms with Gasteiger partial charge in [-0.05, 0) is 42.8 Å². The second-order valence-corrected chi connectivity index (χ2v) is 5.14. The largest absolute Gasteiger partial charge is 0.497 e. The summed E-state index contributed by atoms with van der Waals surface area (Å²) in [5, 5.41) is 2.85. The van der Waals surface area contributed by atoms with Crippen LogP contribution in [0.15, 0.2) is 48.5 Å². The first-order chi connectivity index (χ1) is 11.1. The monoisotopic (exact) mass is 311 g/mol. The number of rotatable bonds is 6. The van der Waals surface area contributed by atoms with E-state index in [1.165, 1.54) is 6.08 Å². The number of nitrogens with one attached hydrogen (secondary N) is 1. The van der Waals surface area contributed by atoms with Crippen LogP contribution in [0, 0.1) is 6.92 Å². The Morgan fingerprint density at radius 2 is 1.83 bits per heavy atom. The molecule has 1 amide bonds. The van der Waals surface area contributed by atoms with Gasteiger partial charge >= 0.3 is 0 Å². The number of carbonyl (C=O) groups excluding carboxylic acids is 1. The molecule has 0 bridgehead atoms. The molecular formula is C19H21NO3. The third-order valence-electron chi connectivity index (χ3n) is 3.43. The van der Waals surface area contributed by atoms with Gasteiger partial charge in [-0.1, -0.05) is 23.8 Å². The molecule has 0 aliphatic heterocycles. The zero-order valence-corrected chi connectivity index (χ0v) is 13.6. The molecule has 0 fully saturated rings. The van der Waals surface area contributed by atoms with Crippen LogP contribution in [0.5, 0.6) is 11.5 Å². The van der Waals surface area contributed by atoms with E-state index >= 15 is 0 Å². The SMILES string of the molecule is COc1ccc(CNC(=O)/C=C/c2cc(C)ccc2OC)cc1. The van der Waals surface area contributed by atoms with Crippen LogP contribution in [0.1, 0.15) is 16.7 Å². The van der Waals surface area contributed by atoms with Gasteiger partial charge in [0, 0.05) is 18.2 Å². The maximum atomic E-state index is 11.9. The van der Waals surface area contributed by atoms with Gasteiger partial charge in [-0.15, -0.1) is 0 Å². The fraction of sp³-hybridized carbons (Fsp3) is 0.211. The quantitative estimate of drug-likeness (QED) is 0.832. The van der Waals surface area contributed by atoms with E-state index in [4.69, 9.17) is 9.47 Å². The van der Waals surface area contributed by atoms with Crippen molar-refractivity contribution < 1.29 is 14.3 Å².